The molecule has 0 aliphatic heterocycles. The molecule has 0 spiro atoms. The van der Waals surface area contributed by atoms with Crippen molar-refractivity contribution in [1.82, 2.24) is 0 Å². The lowest BCUT2D eigenvalue weighted by Gasteiger charge is -2.10. The van der Waals surface area contributed by atoms with Gasteiger partial charge in [-0.25, -0.2) is 0 Å². The van der Waals surface area contributed by atoms with Gasteiger partial charge in [0.15, 0.2) is 0 Å². The van der Waals surface area contributed by atoms with Gasteiger partial charge in [-0.1, -0.05) is 26.8 Å². The minimum Gasteiger partial charge on any atom is -0.494 e. The fraction of sp³-hybridized carbons (Fsp3) is 0.333. The number of carbonyl (C=O) groups is 2. The maximum atomic E-state index is 12.4. The van der Waals surface area contributed by atoms with E-state index in [2.05, 4.69) is 10.6 Å². The predicted octanol–water partition coefficient (Wildman–Crippen LogP) is 4.71. The molecule has 2 amide bonds. The zero-order valence-electron chi connectivity index (χ0n) is 15.5. The van der Waals surface area contributed by atoms with Crippen molar-refractivity contribution in [3.8, 4) is 5.75 Å². The van der Waals surface area contributed by atoms with Gasteiger partial charge in [0.2, 0.25) is 5.91 Å². The molecule has 0 saturated heterocycles. The molecule has 2 aromatic rings. The summed E-state index contributed by atoms with van der Waals surface area (Å²) >= 11 is 0. The van der Waals surface area contributed by atoms with E-state index in [1.165, 1.54) is 0 Å². The Labute approximate surface area is 154 Å². The maximum absolute atomic E-state index is 12.4. The van der Waals surface area contributed by atoms with Gasteiger partial charge in [0.1, 0.15) is 5.75 Å². The van der Waals surface area contributed by atoms with Gasteiger partial charge in [-0.05, 0) is 54.8 Å². The highest BCUT2D eigenvalue weighted by molar-refractivity contribution is 6.04. The van der Waals surface area contributed by atoms with E-state index >= 15 is 0 Å². The summed E-state index contributed by atoms with van der Waals surface area (Å²) in [6.07, 6.45) is 1.39. The fourth-order valence-electron chi connectivity index (χ4n) is 2.37. The SMILES string of the molecule is CCCOc1cccc(C(=O)Nc2ccc(NC(=O)CC(C)C)cc2)c1. The molecule has 0 saturated carbocycles. The quantitative estimate of drug-likeness (QED) is 0.721. The van der Waals surface area contributed by atoms with E-state index in [9.17, 15) is 9.59 Å². The van der Waals surface area contributed by atoms with Crippen molar-refractivity contribution in [2.45, 2.75) is 33.6 Å². The topological polar surface area (TPSA) is 67.4 Å². The van der Waals surface area contributed by atoms with Crippen LogP contribution < -0.4 is 15.4 Å². The first-order valence-electron chi connectivity index (χ1n) is 8.92. The van der Waals surface area contributed by atoms with Crippen LogP contribution in [0, 0.1) is 5.92 Å². The summed E-state index contributed by atoms with van der Waals surface area (Å²) in [5, 5.41) is 5.69. The van der Waals surface area contributed by atoms with Crippen molar-refractivity contribution < 1.29 is 14.3 Å². The zero-order valence-corrected chi connectivity index (χ0v) is 15.5. The Balaban J connectivity index is 1.96. The third-order valence-electron chi connectivity index (χ3n) is 3.59. The minimum atomic E-state index is -0.205. The second kappa shape index (κ2) is 9.61. The van der Waals surface area contributed by atoms with E-state index in [1.54, 1.807) is 42.5 Å². The van der Waals surface area contributed by atoms with Gasteiger partial charge < -0.3 is 15.4 Å². The molecule has 0 atom stereocenters. The molecule has 0 bridgehead atoms. The number of benzene rings is 2. The lowest BCUT2D eigenvalue weighted by atomic mass is 10.1. The molecule has 0 heterocycles. The molecule has 0 aromatic heterocycles. The fourth-order valence-corrected chi connectivity index (χ4v) is 2.37. The van der Waals surface area contributed by atoms with Crippen molar-refractivity contribution in [3.05, 3.63) is 54.1 Å². The smallest absolute Gasteiger partial charge is 0.255 e. The van der Waals surface area contributed by atoms with Gasteiger partial charge in [0, 0.05) is 23.4 Å². The molecule has 0 fully saturated rings. The molecular formula is C21H26N2O3. The highest BCUT2D eigenvalue weighted by atomic mass is 16.5. The lowest BCUT2D eigenvalue weighted by molar-refractivity contribution is -0.116. The number of rotatable bonds is 8. The molecule has 0 aliphatic rings. The first-order valence-corrected chi connectivity index (χ1v) is 8.92. The van der Waals surface area contributed by atoms with Crippen LogP contribution in [0.4, 0.5) is 11.4 Å². The van der Waals surface area contributed by atoms with Crippen molar-refractivity contribution in [2.75, 3.05) is 17.2 Å². The van der Waals surface area contributed by atoms with Crippen molar-refractivity contribution >= 4 is 23.2 Å². The Hall–Kier alpha value is -2.82. The Kier molecular flexibility index (Phi) is 7.21. The van der Waals surface area contributed by atoms with E-state index in [-0.39, 0.29) is 11.8 Å². The summed E-state index contributed by atoms with van der Waals surface area (Å²) < 4.78 is 5.56. The van der Waals surface area contributed by atoms with Gasteiger partial charge in [-0.3, -0.25) is 9.59 Å². The van der Waals surface area contributed by atoms with Gasteiger partial charge >= 0.3 is 0 Å². The molecule has 5 heteroatoms. The van der Waals surface area contributed by atoms with Crippen LogP contribution >= 0.6 is 0 Å². The number of nitrogens with one attached hydrogen (secondary N) is 2. The minimum absolute atomic E-state index is 0.0133. The van der Waals surface area contributed by atoms with Gasteiger partial charge in [-0.15, -0.1) is 0 Å². The van der Waals surface area contributed by atoms with E-state index in [0.29, 0.717) is 41.6 Å². The van der Waals surface area contributed by atoms with Crippen LogP contribution in [0.2, 0.25) is 0 Å². The second-order valence-electron chi connectivity index (χ2n) is 6.55. The molecule has 26 heavy (non-hydrogen) atoms. The molecule has 2 N–H and O–H groups in total. The Morgan fingerprint density at radius 3 is 2.27 bits per heavy atom. The van der Waals surface area contributed by atoms with E-state index < -0.39 is 0 Å². The molecule has 138 valence electrons. The summed E-state index contributed by atoms with van der Waals surface area (Å²) in [5.74, 6) is 0.776. The van der Waals surface area contributed by atoms with Crippen molar-refractivity contribution in [1.29, 1.82) is 0 Å². The average Bonchev–Trinajstić information content (AvgIpc) is 2.61. The largest absolute Gasteiger partial charge is 0.494 e. The lowest BCUT2D eigenvalue weighted by Crippen LogP contribution is -2.14. The van der Waals surface area contributed by atoms with Crippen LogP contribution in [0.15, 0.2) is 48.5 Å². The van der Waals surface area contributed by atoms with Crippen LogP contribution in [0.25, 0.3) is 0 Å². The molecule has 0 unspecified atom stereocenters. The first kappa shape index (κ1) is 19.5. The Morgan fingerprint density at radius 2 is 1.65 bits per heavy atom. The van der Waals surface area contributed by atoms with Gasteiger partial charge in [0.25, 0.3) is 5.91 Å². The summed E-state index contributed by atoms with van der Waals surface area (Å²) in [5.41, 5.74) is 1.91. The predicted molar refractivity (Wildman–Crippen MR) is 105 cm³/mol. The van der Waals surface area contributed by atoms with Gasteiger partial charge in [-0.2, -0.15) is 0 Å². The van der Waals surface area contributed by atoms with E-state index in [0.717, 1.165) is 6.42 Å². The number of anilines is 2. The molecule has 5 nitrogen and oxygen atoms in total. The summed E-state index contributed by atoms with van der Waals surface area (Å²) in [6.45, 7) is 6.65. The zero-order chi connectivity index (χ0) is 18.9. The molecular weight excluding hydrogens is 328 g/mol. The van der Waals surface area contributed by atoms with Crippen LogP contribution in [0.3, 0.4) is 0 Å². The van der Waals surface area contributed by atoms with Crippen LogP contribution in [0.1, 0.15) is 44.0 Å². The van der Waals surface area contributed by atoms with Crippen LogP contribution in [0.5, 0.6) is 5.75 Å². The highest BCUT2D eigenvalue weighted by Gasteiger charge is 2.08. The number of carbonyl (C=O) groups excluding carboxylic acids is 2. The summed E-state index contributed by atoms with van der Waals surface area (Å²) in [7, 11) is 0. The first-order chi connectivity index (χ1) is 12.5. The number of hydrogen-bond acceptors (Lipinski definition) is 3. The third kappa shape index (κ3) is 6.24. The monoisotopic (exact) mass is 354 g/mol. The summed E-state index contributed by atoms with van der Waals surface area (Å²) in [6, 6.07) is 14.2. The van der Waals surface area contributed by atoms with E-state index in [1.807, 2.05) is 26.8 Å². The van der Waals surface area contributed by atoms with Crippen molar-refractivity contribution in [3.63, 3.8) is 0 Å². The van der Waals surface area contributed by atoms with E-state index in [4.69, 9.17) is 4.74 Å². The number of amides is 2. The summed E-state index contributed by atoms with van der Waals surface area (Å²) in [4.78, 5) is 24.2. The third-order valence-corrected chi connectivity index (χ3v) is 3.59. The molecule has 0 radical (unpaired) electrons. The highest BCUT2D eigenvalue weighted by Crippen LogP contribution is 2.18. The Morgan fingerprint density at radius 1 is 1.00 bits per heavy atom. The van der Waals surface area contributed by atoms with Crippen LogP contribution in [-0.2, 0) is 4.79 Å². The Bertz CT molecular complexity index is 739. The van der Waals surface area contributed by atoms with Crippen LogP contribution in [-0.4, -0.2) is 18.4 Å². The molecule has 2 rings (SSSR count). The van der Waals surface area contributed by atoms with Crippen molar-refractivity contribution in [2.24, 2.45) is 5.92 Å². The standard InChI is InChI=1S/C21H26N2O3/c1-4-12-26-19-7-5-6-16(14-19)21(25)23-18-10-8-17(9-11-18)22-20(24)13-15(2)3/h5-11,14-15H,4,12-13H2,1-3H3,(H,22,24)(H,23,25). The average molecular weight is 354 g/mol. The number of hydrogen-bond donors (Lipinski definition) is 2. The molecule has 0 aliphatic carbocycles. The van der Waals surface area contributed by atoms with Gasteiger partial charge in [0.05, 0.1) is 6.61 Å². The maximum Gasteiger partial charge on any atom is 0.255 e. The normalized spacial score (nSPS) is 10.5. The second-order valence-corrected chi connectivity index (χ2v) is 6.55. The molecule has 2 aromatic carbocycles. The number of ether oxygens (including phenoxy) is 1.